The molecule has 0 aromatic carbocycles. The van der Waals surface area contributed by atoms with Crippen LogP contribution in [0.15, 0.2) is 5.16 Å². The number of nitrogens with zero attached hydrogens (tertiary/aromatic N) is 1. The molecule has 0 N–H and O–H groups in total. The molecule has 0 aliphatic heterocycles. The Bertz CT molecular complexity index is 246. The van der Waals surface area contributed by atoms with E-state index >= 15 is 0 Å². The van der Waals surface area contributed by atoms with Crippen LogP contribution in [0.1, 0.15) is 40.5 Å². The zero-order valence-corrected chi connectivity index (χ0v) is 11.9. The largest absolute Gasteiger partial charge is 0.399 e. The molecule has 1 saturated carbocycles. The Morgan fingerprint density at radius 1 is 1.43 bits per heavy atom. The van der Waals surface area contributed by atoms with Crippen molar-refractivity contribution < 1.29 is 4.84 Å². The molecular formula is C11H20INO. The molecule has 0 spiro atoms. The molecule has 1 fully saturated rings. The third-order valence-corrected chi connectivity index (χ3v) is 4.99. The summed E-state index contributed by atoms with van der Waals surface area (Å²) in [6.07, 6.45) is 2.48. The summed E-state index contributed by atoms with van der Waals surface area (Å²) in [5, 5.41) is 4.25. The zero-order chi connectivity index (χ0) is 11.0. The number of rotatable bonds is 1. The fraction of sp³-hybridized carbons (Fsp3) is 0.909. The van der Waals surface area contributed by atoms with Crippen LogP contribution in [0.25, 0.3) is 0 Å². The lowest BCUT2D eigenvalue weighted by Gasteiger charge is -2.44. The second-order valence-electron chi connectivity index (χ2n) is 5.02. The molecule has 2 atom stereocenters. The van der Waals surface area contributed by atoms with Crippen molar-refractivity contribution >= 4 is 28.3 Å². The maximum absolute atomic E-state index is 4.98. The van der Waals surface area contributed by atoms with E-state index in [0.29, 0.717) is 5.92 Å². The van der Waals surface area contributed by atoms with Crippen molar-refractivity contribution in [3.05, 3.63) is 0 Å². The molecule has 1 rings (SSSR count). The number of oxime groups is 1. The van der Waals surface area contributed by atoms with E-state index in [2.05, 4.69) is 55.4 Å². The van der Waals surface area contributed by atoms with Crippen molar-refractivity contribution in [1.82, 2.24) is 0 Å². The van der Waals surface area contributed by atoms with Gasteiger partial charge < -0.3 is 4.84 Å². The van der Waals surface area contributed by atoms with Gasteiger partial charge in [-0.3, -0.25) is 0 Å². The molecule has 1 aliphatic carbocycles. The van der Waals surface area contributed by atoms with Crippen molar-refractivity contribution in [1.29, 1.82) is 0 Å². The van der Waals surface area contributed by atoms with Crippen LogP contribution in [-0.4, -0.2) is 16.2 Å². The summed E-state index contributed by atoms with van der Waals surface area (Å²) >= 11 is 2.52. The van der Waals surface area contributed by atoms with E-state index in [9.17, 15) is 0 Å². The van der Waals surface area contributed by atoms with Crippen molar-refractivity contribution in [2.24, 2.45) is 16.5 Å². The minimum absolute atomic E-state index is 0.134. The summed E-state index contributed by atoms with van der Waals surface area (Å²) < 4.78 is 0.134. The van der Waals surface area contributed by atoms with Gasteiger partial charge in [0, 0.05) is 5.41 Å². The van der Waals surface area contributed by atoms with E-state index in [4.69, 9.17) is 4.84 Å². The van der Waals surface area contributed by atoms with E-state index in [0.717, 1.165) is 0 Å². The molecule has 0 radical (unpaired) electrons. The van der Waals surface area contributed by atoms with E-state index in [1.807, 2.05) is 0 Å². The molecule has 0 saturated heterocycles. The molecular weight excluding hydrogens is 289 g/mol. The van der Waals surface area contributed by atoms with Gasteiger partial charge in [-0.05, 0) is 25.7 Å². The van der Waals surface area contributed by atoms with E-state index < -0.39 is 0 Å². The first kappa shape index (κ1) is 12.3. The van der Waals surface area contributed by atoms with E-state index in [-0.39, 0.29) is 8.84 Å². The number of halogens is 1. The highest BCUT2D eigenvalue weighted by Gasteiger charge is 2.46. The molecule has 2 unspecified atom stereocenters. The highest BCUT2D eigenvalue weighted by Crippen LogP contribution is 2.46. The third-order valence-electron chi connectivity index (χ3n) is 3.41. The Labute approximate surface area is 101 Å². The summed E-state index contributed by atoms with van der Waals surface area (Å²) in [4.78, 5) is 4.98. The maximum Gasteiger partial charge on any atom is 0.106 e. The molecule has 1 aliphatic rings. The lowest BCUT2D eigenvalue weighted by molar-refractivity contribution is 0.197. The van der Waals surface area contributed by atoms with Crippen LogP contribution in [0.2, 0.25) is 0 Å². The Kier molecular flexibility index (Phi) is 3.49. The van der Waals surface area contributed by atoms with Crippen LogP contribution >= 0.6 is 22.6 Å². The molecule has 0 heterocycles. The summed E-state index contributed by atoms with van der Waals surface area (Å²) in [7, 11) is 1.63. The minimum atomic E-state index is 0.134. The van der Waals surface area contributed by atoms with Crippen LogP contribution in [0.5, 0.6) is 0 Å². The highest BCUT2D eigenvalue weighted by molar-refractivity contribution is 14.1. The molecule has 2 nitrogen and oxygen atoms in total. The second-order valence-corrected chi connectivity index (χ2v) is 7.26. The Morgan fingerprint density at radius 2 is 2.00 bits per heavy atom. The molecule has 0 amide bonds. The average molecular weight is 309 g/mol. The maximum atomic E-state index is 4.98. The minimum Gasteiger partial charge on any atom is -0.399 e. The first-order chi connectivity index (χ1) is 6.32. The van der Waals surface area contributed by atoms with Crippen LogP contribution in [0, 0.1) is 11.3 Å². The van der Waals surface area contributed by atoms with Crippen LogP contribution in [0.3, 0.4) is 0 Å². The van der Waals surface area contributed by atoms with Gasteiger partial charge in [-0.1, -0.05) is 48.5 Å². The summed E-state index contributed by atoms with van der Waals surface area (Å²) in [6, 6.07) is 0. The zero-order valence-electron chi connectivity index (χ0n) is 9.72. The lowest BCUT2D eigenvalue weighted by Crippen LogP contribution is -2.48. The molecule has 3 heteroatoms. The monoisotopic (exact) mass is 309 g/mol. The smallest absolute Gasteiger partial charge is 0.106 e. The molecule has 14 heavy (non-hydrogen) atoms. The number of alkyl halides is 1. The summed E-state index contributed by atoms with van der Waals surface area (Å²) in [6.45, 7) is 9.07. The van der Waals surface area contributed by atoms with Gasteiger partial charge in [-0.15, -0.1) is 0 Å². The van der Waals surface area contributed by atoms with Crippen LogP contribution in [-0.2, 0) is 4.84 Å². The molecule has 0 aromatic heterocycles. The van der Waals surface area contributed by atoms with Crippen LogP contribution in [0.4, 0.5) is 0 Å². The van der Waals surface area contributed by atoms with Gasteiger partial charge >= 0.3 is 0 Å². The summed E-state index contributed by atoms with van der Waals surface area (Å²) in [5.41, 5.74) is 1.38. The molecule has 0 bridgehead atoms. The third kappa shape index (κ3) is 2.07. The normalized spacial score (nSPS) is 39.9. The van der Waals surface area contributed by atoms with E-state index in [1.165, 1.54) is 18.6 Å². The standard InChI is InChI=1S/C11H20INO/c1-8-6-7-10(2,3)9(13-14-5)11(8,4)12/h8H,6-7H2,1-5H3/b13-9+. The Morgan fingerprint density at radius 3 is 2.50 bits per heavy atom. The van der Waals surface area contributed by atoms with Crippen molar-refractivity contribution in [3.63, 3.8) is 0 Å². The van der Waals surface area contributed by atoms with Gasteiger partial charge in [0.1, 0.15) is 7.11 Å². The van der Waals surface area contributed by atoms with Crippen molar-refractivity contribution in [2.75, 3.05) is 7.11 Å². The van der Waals surface area contributed by atoms with Crippen molar-refractivity contribution in [2.45, 2.75) is 44.0 Å². The van der Waals surface area contributed by atoms with E-state index in [1.54, 1.807) is 7.11 Å². The molecule has 82 valence electrons. The lowest BCUT2D eigenvalue weighted by atomic mass is 9.66. The fourth-order valence-electron chi connectivity index (χ4n) is 2.17. The Hall–Kier alpha value is 0.200. The van der Waals surface area contributed by atoms with Gasteiger partial charge in [0.05, 0.1) is 9.13 Å². The Balaban J connectivity index is 3.07. The first-order valence-corrected chi connectivity index (χ1v) is 6.21. The predicted molar refractivity (Wildman–Crippen MR) is 69.0 cm³/mol. The molecule has 0 aromatic rings. The van der Waals surface area contributed by atoms with Gasteiger partial charge in [-0.25, -0.2) is 0 Å². The van der Waals surface area contributed by atoms with Gasteiger partial charge in [0.25, 0.3) is 0 Å². The highest BCUT2D eigenvalue weighted by atomic mass is 127. The topological polar surface area (TPSA) is 21.6 Å². The second kappa shape index (κ2) is 3.99. The summed E-state index contributed by atoms with van der Waals surface area (Å²) in [5.74, 6) is 0.671. The van der Waals surface area contributed by atoms with Gasteiger partial charge in [0.15, 0.2) is 0 Å². The quantitative estimate of drug-likeness (QED) is 0.412. The number of hydrogen-bond acceptors (Lipinski definition) is 2. The average Bonchev–Trinajstić information content (AvgIpc) is 2.07. The van der Waals surface area contributed by atoms with Gasteiger partial charge in [0.2, 0.25) is 0 Å². The fourth-order valence-corrected chi connectivity index (χ4v) is 3.31. The number of hydrogen-bond donors (Lipinski definition) is 0. The SMILES string of the molecule is CO/N=C1\C(C)(C)CCC(C)C1(C)I. The van der Waals surface area contributed by atoms with Crippen molar-refractivity contribution in [3.8, 4) is 0 Å². The predicted octanol–water partition coefficient (Wildman–Crippen LogP) is 3.64. The first-order valence-electron chi connectivity index (χ1n) is 5.13. The van der Waals surface area contributed by atoms with Gasteiger partial charge in [-0.2, -0.15) is 0 Å². The van der Waals surface area contributed by atoms with Crippen LogP contribution < -0.4 is 0 Å².